The molecular formula is C16H23NO3. The van der Waals surface area contributed by atoms with Gasteiger partial charge >= 0.3 is 5.97 Å². The van der Waals surface area contributed by atoms with Crippen LogP contribution >= 0.6 is 0 Å². The topological polar surface area (TPSA) is 60.8 Å². The summed E-state index contributed by atoms with van der Waals surface area (Å²) in [7, 11) is 0. The third-order valence-electron chi connectivity index (χ3n) is 4.00. The fourth-order valence-corrected chi connectivity index (χ4v) is 2.95. The monoisotopic (exact) mass is 277 g/mol. The van der Waals surface area contributed by atoms with E-state index in [9.17, 15) is 9.90 Å². The second-order valence-electron chi connectivity index (χ2n) is 5.45. The second-order valence-corrected chi connectivity index (χ2v) is 5.45. The fraction of sp³-hybridized carbons (Fsp3) is 0.562. The van der Waals surface area contributed by atoms with E-state index < -0.39 is 5.97 Å². The van der Waals surface area contributed by atoms with E-state index in [1.54, 1.807) is 0 Å². The summed E-state index contributed by atoms with van der Waals surface area (Å²) in [4.78, 5) is 13.0. The Labute approximate surface area is 120 Å². The maximum absolute atomic E-state index is 10.9. The molecule has 0 aliphatic heterocycles. The Hall–Kier alpha value is -1.55. The summed E-state index contributed by atoms with van der Waals surface area (Å²) in [5.41, 5.74) is 1.000. The van der Waals surface area contributed by atoms with Gasteiger partial charge in [-0.3, -0.25) is 4.79 Å². The standard InChI is InChI=1S/C16H23NO3/c18-15-10-6-2-5-9-14(15)17(12-11-16(19)20)13-7-3-1-4-8-13/h1,3-4,7-8,14-15,18H,2,5-6,9-12H2,(H,19,20). The average Bonchev–Trinajstić information content (AvgIpc) is 2.65. The molecule has 0 bridgehead atoms. The van der Waals surface area contributed by atoms with Gasteiger partial charge in [0.2, 0.25) is 0 Å². The van der Waals surface area contributed by atoms with Gasteiger partial charge in [-0.05, 0) is 25.0 Å². The van der Waals surface area contributed by atoms with Crippen LogP contribution in [0.25, 0.3) is 0 Å². The van der Waals surface area contributed by atoms with Crippen LogP contribution in [0.5, 0.6) is 0 Å². The first-order valence-corrected chi connectivity index (χ1v) is 7.40. The minimum atomic E-state index is -0.797. The zero-order valence-corrected chi connectivity index (χ0v) is 11.7. The lowest BCUT2D eigenvalue weighted by Crippen LogP contribution is -2.44. The number of anilines is 1. The predicted molar refractivity (Wildman–Crippen MR) is 78.9 cm³/mol. The number of nitrogens with zero attached hydrogens (tertiary/aromatic N) is 1. The molecule has 2 rings (SSSR count). The SMILES string of the molecule is O=C(O)CCN(c1ccccc1)C1CCCCCC1O. The first-order valence-electron chi connectivity index (χ1n) is 7.40. The third-order valence-corrected chi connectivity index (χ3v) is 4.00. The van der Waals surface area contributed by atoms with Crippen molar-refractivity contribution in [1.29, 1.82) is 0 Å². The number of hydrogen-bond acceptors (Lipinski definition) is 3. The van der Waals surface area contributed by atoms with Crippen molar-refractivity contribution in [3.63, 3.8) is 0 Å². The van der Waals surface area contributed by atoms with Gasteiger partial charge in [0.1, 0.15) is 0 Å². The smallest absolute Gasteiger partial charge is 0.305 e. The van der Waals surface area contributed by atoms with Crippen molar-refractivity contribution >= 4 is 11.7 Å². The molecule has 0 heterocycles. The third kappa shape index (κ3) is 3.97. The lowest BCUT2D eigenvalue weighted by atomic mass is 10.0. The number of aliphatic hydroxyl groups is 1. The van der Waals surface area contributed by atoms with Gasteiger partial charge in [-0.25, -0.2) is 0 Å². The van der Waals surface area contributed by atoms with Gasteiger partial charge in [0.15, 0.2) is 0 Å². The van der Waals surface area contributed by atoms with Crippen molar-refractivity contribution in [2.24, 2.45) is 0 Å². The second kappa shape index (κ2) is 7.29. The van der Waals surface area contributed by atoms with Crippen LogP contribution in [0, 0.1) is 0 Å². The van der Waals surface area contributed by atoms with Gasteiger partial charge in [-0.1, -0.05) is 37.5 Å². The molecule has 1 aliphatic carbocycles. The molecule has 1 aliphatic rings. The highest BCUT2D eigenvalue weighted by Crippen LogP contribution is 2.27. The number of carboxylic acid groups (broad SMARTS) is 1. The van der Waals surface area contributed by atoms with Crippen molar-refractivity contribution in [1.82, 2.24) is 0 Å². The van der Waals surface area contributed by atoms with E-state index in [0.29, 0.717) is 6.54 Å². The Bertz CT molecular complexity index is 421. The van der Waals surface area contributed by atoms with Crippen LogP contribution in [0.3, 0.4) is 0 Å². The summed E-state index contributed by atoms with van der Waals surface area (Å²) < 4.78 is 0. The van der Waals surface area contributed by atoms with E-state index in [1.807, 2.05) is 30.3 Å². The van der Waals surface area contributed by atoms with E-state index >= 15 is 0 Å². The summed E-state index contributed by atoms with van der Waals surface area (Å²) in [6.07, 6.45) is 4.76. The van der Waals surface area contributed by atoms with E-state index in [4.69, 9.17) is 5.11 Å². The molecule has 0 amide bonds. The molecule has 0 aromatic heterocycles. The Morgan fingerprint density at radius 1 is 1.15 bits per heavy atom. The summed E-state index contributed by atoms with van der Waals surface area (Å²) in [6, 6.07) is 9.85. The number of hydrogen-bond donors (Lipinski definition) is 2. The molecule has 2 atom stereocenters. The molecule has 20 heavy (non-hydrogen) atoms. The lowest BCUT2D eigenvalue weighted by molar-refractivity contribution is -0.136. The number of aliphatic carboxylic acids is 1. The molecule has 1 aromatic rings. The van der Waals surface area contributed by atoms with Crippen LogP contribution in [-0.2, 0) is 4.79 Å². The summed E-state index contributed by atoms with van der Waals surface area (Å²) >= 11 is 0. The maximum Gasteiger partial charge on any atom is 0.305 e. The number of benzene rings is 1. The number of carbonyl (C=O) groups is 1. The molecule has 110 valence electrons. The highest BCUT2D eigenvalue weighted by Gasteiger charge is 2.27. The van der Waals surface area contributed by atoms with Crippen molar-refractivity contribution < 1.29 is 15.0 Å². The van der Waals surface area contributed by atoms with Crippen LogP contribution in [0.4, 0.5) is 5.69 Å². The number of carboxylic acids is 1. The number of para-hydroxylation sites is 1. The largest absolute Gasteiger partial charge is 0.481 e. The first kappa shape index (κ1) is 14.9. The number of aliphatic hydroxyl groups excluding tert-OH is 1. The van der Waals surface area contributed by atoms with Crippen LogP contribution in [0.1, 0.15) is 38.5 Å². The van der Waals surface area contributed by atoms with Crippen molar-refractivity contribution in [2.45, 2.75) is 50.7 Å². The zero-order chi connectivity index (χ0) is 14.4. The normalized spacial score (nSPS) is 23.1. The minimum Gasteiger partial charge on any atom is -0.481 e. The van der Waals surface area contributed by atoms with E-state index in [-0.39, 0.29) is 18.6 Å². The van der Waals surface area contributed by atoms with Crippen molar-refractivity contribution in [3.05, 3.63) is 30.3 Å². The van der Waals surface area contributed by atoms with Gasteiger partial charge in [-0.15, -0.1) is 0 Å². The summed E-state index contributed by atoms with van der Waals surface area (Å²) in [6.45, 7) is 0.446. The predicted octanol–water partition coefficient (Wildman–Crippen LogP) is 2.66. The molecule has 4 nitrogen and oxygen atoms in total. The van der Waals surface area contributed by atoms with E-state index in [0.717, 1.165) is 37.8 Å². The Morgan fingerprint density at radius 3 is 2.55 bits per heavy atom. The van der Waals surface area contributed by atoms with Crippen LogP contribution in [0.2, 0.25) is 0 Å². The first-order chi connectivity index (χ1) is 9.68. The lowest BCUT2D eigenvalue weighted by Gasteiger charge is -2.35. The van der Waals surface area contributed by atoms with Gasteiger partial charge in [0.25, 0.3) is 0 Å². The van der Waals surface area contributed by atoms with Crippen LogP contribution in [0.15, 0.2) is 30.3 Å². The van der Waals surface area contributed by atoms with Crippen molar-refractivity contribution in [2.75, 3.05) is 11.4 Å². The van der Waals surface area contributed by atoms with E-state index in [1.165, 1.54) is 0 Å². The van der Waals surface area contributed by atoms with Gasteiger partial charge in [0.05, 0.1) is 18.6 Å². The Kier molecular flexibility index (Phi) is 5.41. The molecule has 0 spiro atoms. The highest BCUT2D eigenvalue weighted by atomic mass is 16.4. The number of rotatable bonds is 5. The average molecular weight is 277 g/mol. The Morgan fingerprint density at radius 2 is 1.85 bits per heavy atom. The Balaban J connectivity index is 2.18. The molecule has 2 N–H and O–H groups in total. The molecule has 2 unspecified atom stereocenters. The quantitative estimate of drug-likeness (QED) is 0.812. The van der Waals surface area contributed by atoms with Crippen molar-refractivity contribution in [3.8, 4) is 0 Å². The summed E-state index contributed by atoms with van der Waals surface area (Å²) in [5.74, 6) is -0.797. The zero-order valence-electron chi connectivity index (χ0n) is 11.7. The van der Waals surface area contributed by atoms with E-state index in [2.05, 4.69) is 4.90 Å². The molecule has 1 aromatic carbocycles. The highest BCUT2D eigenvalue weighted by molar-refractivity contribution is 5.67. The molecule has 0 radical (unpaired) electrons. The molecule has 0 saturated heterocycles. The molecular weight excluding hydrogens is 254 g/mol. The summed E-state index contributed by atoms with van der Waals surface area (Å²) in [5, 5.41) is 19.3. The molecule has 1 saturated carbocycles. The van der Waals surface area contributed by atoms with Crippen LogP contribution < -0.4 is 4.90 Å². The fourth-order valence-electron chi connectivity index (χ4n) is 2.95. The molecule has 4 heteroatoms. The molecule has 1 fully saturated rings. The van der Waals surface area contributed by atoms with Crippen LogP contribution in [-0.4, -0.2) is 34.9 Å². The van der Waals surface area contributed by atoms with Gasteiger partial charge in [-0.2, -0.15) is 0 Å². The van der Waals surface area contributed by atoms with Gasteiger partial charge < -0.3 is 15.1 Å². The minimum absolute atomic E-state index is 0.0271. The maximum atomic E-state index is 10.9. The van der Waals surface area contributed by atoms with Gasteiger partial charge in [0, 0.05) is 12.2 Å².